The van der Waals surface area contributed by atoms with Crippen LogP contribution < -0.4 is 16.4 Å². The Morgan fingerprint density at radius 2 is 1.89 bits per heavy atom. The van der Waals surface area contributed by atoms with E-state index in [1.165, 1.54) is 0 Å². The van der Waals surface area contributed by atoms with Crippen molar-refractivity contribution in [1.82, 2.24) is 20.1 Å². The fourth-order valence-electron chi connectivity index (χ4n) is 5.19. The average molecular weight is 492 g/mol. The number of hydrogen-bond donors (Lipinski definition) is 4. The summed E-state index contributed by atoms with van der Waals surface area (Å²) in [5.41, 5.74) is 8.97. The summed E-state index contributed by atoms with van der Waals surface area (Å²) in [6.07, 6.45) is 7.46. The molecule has 2 aromatic heterocycles. The van der Waals surface area contributed by atoms with E-state index in [1.807, 2.05) is 13.8 Å². The van der Waals surface area contributed by atoms with Crippen LogP contribution in [0.15, 0.2) is 36.3 Å². The molecule has 0 bridgehead atoms. The maximum absolute atomic E-state index is 13.7. The van der Waals surface area contributed by atoms with Crippen LogP contribution in [0.25, 0.3) is 5.57 Å². The Morgan fingerprint density at radius 1 is 1.19 bits per heavy atom. The summed E-state index contributed by atoms with van der Waals surface area (Å²) in [7, 11) is 0. The van der Waals surface area contributed by atoms with Crippen molar-refractivity contribution in [2.75, 3.05) is 5.32 Å². The third-order valence-corrected chi connectivity index (χ3v) is 7.35. The molecule has 9 heteroatoms. The Labute approximate surface area is 212 Å². The molecule has 0 spiro atoms. The molecule has 192 valence electrons. The molecule has 2 aliphatic rings. The average Bonchev–Trinajstić information content (AvgIpc) is 3.72. The van der Waals surface area contributed by atoms with Gasteiger partial charge in [-0.25, -0.2) is 0 Å². The summed E-state index contributed by atoms with van der Waals surface area (Å²) in [6.45, 7) is 9.56. The van der Waals surface area contributed by atoms with Gasteiger partial charge < -0.3 is 21.8 Å². The van der Waals surface area contributed by atoms with Crippen molar-refractivity contribution in [3.05, 3.63) is 47.7 Å². The topological polar surface area (TPSA) is 139 Å². The molecule has 0 radical (unpaired) electrons. The zero-order valence-corrected chi connectivity index (χ0v) is 21.8. The number of hydrogen-bond acceptors (Lipinski definition) is 6. The minimum atomic E-state index is -0.668. The quantitative estimate of drug-likeness (QED) is 0.370. The molecule has 1 unspecified atom stereocenters. The highest BCUT2D eigenvalue weighted by Gasteiger charge is 2.55. The van der Waals surface area contributed by atoms with Gasteiger partial charge in [0.1, 0.15) is 11.7 Å². The molecule has 0 saturated heterocycles. The standard InChI is InChI=1S/C27H37N7O2/c1-15(2)34-21(10-13-31-34)25(35)33-24(23(18-6-7-18)27(5)11-12-27)26(36)32-19-8-9-20(30-14-19)22(16(3)28)17(4)29/h8-10,13-15,18,23-24,28H,6-7,11-12,29H2,1-5H3,(H,32,36)(H,33,35)/t23?,24-/m0/s1. The van der Waals surface area contributed by atoms with Gasteiger partial charge in [0.15, 0.2) is 0 Å². The lowest BCUT2D eigenvalue weighted by Gasteiger charge is -2.32. The van der Waals surface area contributed by atoms with E-state index < -0.39 is 6.04 Å². The number of pyridine rings is 1. The zero-order chi connectivity index (χ0) is 26.2. The van der Waals surface area contributed by atoms with Crippen molar-refractivity contribution in [2.24, 2.45) is 23.0 Å². The minimum absolute atomic E-state index is 0.0264. The smallest absolute Gasteiger partial charge is 0.270 e. The lowest BCUT2D eigenvalue weighted by Crippen LogP contribution is -2.51. The van der Waals surface area contributed by atoms with Crippen molar-refractivity contribution in [1.29, 1.82) is 5.41 Å². The number of rotatable bonds is 10. The Kier molecular flexibility index (Phi) is 7.02. The molecule has 2 amide bonds. The number of aromatic nitrogens is 3. The van der Waals surface area contributed by atoms with Crippen molar-refractivity contribution >= 4 is 28.8 Å². The highest BCUT2D eigenvalue weighted by atomic mass is 16.2. The number of nitrogens with two attached hydrogens (primary N) is 1. The van der Waals surface area contributed by atoms with E-state index in [0.717, 1.165) is 25.7 Å². The Hall–Kier alpha value is -3.49. The fourth-order valence-corrected chi connectivity index (χ4v) is 5.19. The summed E-state index contributed by atoms with van der Waals surface area (Å²) in [6, 6.07) is 4.54. The zero-order valence-electron chi connectivity index (χ0n) is 21.8. The van der Waals surface area contributed by atoms with Gasteiger partial charge in [-0.2, -0.15) is 5.10 Å². The normalized spacial score (nSPS) is 18.7. The molecule has 4 rings (SSSR count). The molecule has 2 saturated carbocycles. The number of carbonyl (C=O) groups excluding carboxylic acids is 2. The summed E-state index contributed by atoms with van der Waals surface area (Å²) in [5.74, 6) is -0.0362. The van der Waals surface area contributed by atoms with E-state index >= 15 is 0 Å². The van der Waals surface area contributed by atoms with Crippen LogP contribution in [0.2, 0.25) is 0 Å². The lowest BCUT2D eigenvalue weighted by molar-refractivity contribution is -0.120. The predicted molar refractivity (Wildman–Crippen MR) is 140 cm³/mol. The number of nitrogens with one attached hydrogen (secondary N) is 3. The highest BCUT2D eigenvalue weighted by Crippen LogP contribution is 2.60. The lowest BCUT2D eigenvalue weighted by atomic mass is 9.80. The first-order chi connectivity index (χ1) is 17.0. The molecule has 0 aliphatic heterocycles. The minimum Gasteiger partial charge on any atom is -0.402 e. The van der Waals surface area contributed by atoms with E-state index in [9.17, 15) is 9.59 Å². The van der Waals surface area contributed by atoms with Gasteiger partial charge in [-0.1, -0.05) is 6.92 Å². The molecule has 2 aliphatic carbocycles. The summed E-state index contributed by atoms with van der Waals surface area (Å²) in [4.78, 5) is 31.4. The molecular formula is C27H37N7O2. The van der Waals surface area contributed by atoms with E-state index in [4.69, 9.17) is 11.1 Å². The number of anilines is 1. The highest BCUT2D eigenvalue weighted by molar-refractivity contribution is 6.21. The number of carbonyl (C=O) groups is 2. The maximum Gasteiger partial charge on any atom is 0.270 e. The van der Waals surface area contributed by atoms with Crippen LogP contribution in [-0.2, 0) is 4.79 Å². The molecule has 2 atom stereocenters. The van der Waals surface area contributed by atoms with Crippen LogP contribution in [0.5, 0.6) is 0 Å². The molecule has 2 heterocycles. The molecular weight excluding hydrogens is 454 g/mol. The van der Waals surface area contributed by atoms with Gasteiger partial charge in [0.2, 0.25) is 5.91 Å². The van der Waals surface area contributed by atoms with E-state index in [2.05, 4.69) is 27.6 Å². The van der Waals surface area contributed by atoms with Gasteiger partial charge in [-0.15, -0.1) is 0 Å². The number of amides is 2. The second kappa shape index (κ2) is 9.87. The summed E-state index contributed by atoms with van der Waals surface area (Å²) < 4.78 is 1.67. The van der Waals surface area contributed by atoms with Crippen molar-refractivity contribution in [2.45, 2.75) is 72.4 Å². The summed E-state index contributed by atoms with van der Waals surface area (Å²) in [5, 5.41) is 18.3. The molecule has 0 aromatic carbocycles. The van der Waals surface area contributed by atoms with Crippen molar-refractivity contribution in [3.8, 4) is 0 Å². The Morgan fingerprint density at radius 3 is 2.39 bits per heavy atom. The van der Waals surface area contributed by atoms with Gasteiger partial charge in [0, 0.05) is 29.2 Å². The molecule has 36 heavy (non-hydrogen) atoms. The molecule has 2 aromatic rings. The first kappa shape index (κ1) is 25.6. The summed E-state index contributed by atoms with van der Waals surface area (Å²) >= 11 is 0. The monoisotopic (exact) mass is 491 g/mol. The molecule has 9 nitrogen and oxygen atoms in total. The van der Waals surface area contributed by atoms with Gasteiger partial charge in [0.05, 0.1) is 17.6 Å². The largest absolute Gasteiger partial charge is 0.402 e. The first-order valence-electron chi connectivity index (χ1n) is 12.7. The number of allylic oxidation sites excluding steroid dienone is 2. The third kappa shape index (κ3) is 5.34. The van der Waals surface area contributed by atoms with Gasteiger partial charge >= 0.3 is 0 Å². The number of nitrogens with zero attached hydrogens (tertiary/aromatic N) is 3. The van der Waals surface area contributed by atoms with E-state index in [0.29, 0.717) is 40.0 Å². The molecule has 2 fully saturated rings. The van der Waals surface area contributed by atoms with Crippen molar-refractivity contribution < 1.29 is 9.59 Å². The second-order valence-corrected chi connectivity index (χ2v) is 10.8. The van der Waals surface area contributed by atoms with Crippen LogP contribution >= 0.6 is 0 Å². The van der Waals surface area contributed by atoms with Crippen LogP contribution in [-0.4, -0.2) is 38.3 Å². The van der Waals surface area contributed by atoms with Crippen LogP contribution in [0, 0.1) is 22.7 Å². The van der Waals surface area contributed by atoms with Crippen LogP contribution in [0.1, 0.15) is 82.5 Å². The SMILES string of the molecule is CC(=N)C(=C(C)N)c1ccc(NC(=O)[C@@H](NC(=O)c2ccnn2C(C)C)C(C2CC2)C2(C)CC2)cn1. The predicted octanol–water partition coefficient (Wildman–Crippen LogP) is 4.15. The van der Waals surface area contributed by atoms with Gasteiger partial charge in [-0.05, 0) is 88.8 Å². The van der Waals surface area contributed by atoms with Crippen LogP contribution in [0.3, 0.4) is 0 Å². The maximum atomic E-state index is 13.7. The second-order valence-electron chi connectivity index (χ2n) is 10.8. The van der Waals surface area contributed by atoms with Crippen LogP contribution in [0.4, 0.5) is 5.69 Å². The van der Waals surface area contributed by atoms with Gasteiger partial charge in [-0.3, -0.25) is 19.3 Å². The third-order valence-electron chi connectivity index (χ3n) is 7.35. The van der Waals surface area contributed by atoms with E-state index in [1.54, 1.807) is 49.1 Å². The molecule has 5 N–H and O–H groups in total. The van der Waals surface area contributed by atoms with Gasteiger partial charge in [0.25, 0.3) is 5.91 Å². The fraction of sp³-hybridized carbons (Fsp3) is 0.519. The first-order valence-corrected chi connectivity index (χ1v) is 12.7. The van der Waals surface area contributed by atoms with E-state index in [-0.39, 0.29) is 29.2 Å². The Bertz CT molecular complexity index is 1180. The Balaban J connectivity index is 1.58. The van der Waals surface area contributed by atoms with Crippen molar-refractivity contribution in [3.63, 3.8) is 0 Å².